The van der Waals surface area contributed by atoms with Crippen molar-refractivity contribution in [3.05, 3.63) is 62.9 Å². The average molecular weight is 575 g/mol. The molecule has 0 bridgehead atoms. The Balaban J connectivity index is 1.50. The summed E-state index contributed by atoms with van der Waals surface area (Å²) in [5, 5.41) is 3.58. The predicted molar refractivity (Wildman–Crippen MR) is 153 cm³/mol. The minimum atomic E-state index is -1.50. The number of nitrogens with zero attached hydrogens (tertiary/aromatic N) is 3. The standard InChI is InChI=1S/C31H34N4O7/c1-5-7-12-34(16-36)31(40)33-25(17(3)4)29(38)42-27-20-13-24-26-21(14-35(24)28(37)22(20)15-41-30(27)39)18(6-2)19-10-8-9-11-23(19)32-26/h8-11,13,16-17,25,27H,5-7,12,14-15H2,1-4H3,(H,33,40)/t25-,27?/m0/s1. The van der Waals surface area contributed by atoms with Gasteiger partial charge < -0.3 is 19.4 Å². The fraction of sp³-hybridized carbons (Fsp3) is 0.419. The van der Waals surface area contributed by atoms with E-state index in [4.69, 9.17) is 14.5 Å². The summed E-state index contributed by atoms with van der Waals surface area (Å²) in [5.74, 6) is -2.12. The van der Waals surface area contributed by atoms with Crippen LogP contribution in [0.3, 0.4) is 0 Å². The molecule has 1 unspecified atom stereocenters. The van der Waals surface area contributed by atoms with E-state index in [0.717, 1.165) is 39.8 Å². The van der Waals surface area contributed by atoms with Gasteiger partial charge in [-0.1, -0.05) is 52.3 Å². The number of para-hydroxylation sites is 1. The summed E-state index contributed by atoms with van der Waals surface area (Å²) in [7, 11) is 0. The van der Waals surface area contributed by atoms with Crippen LogP contribution < -0.4 is 10.9 Å². The molecule has 220 valence electrons. The lowest BCUT2D eigenvalue weighted by molar-refractivity contribution is -0.173. The minimum Gasteiger partial charge on any atom is -0.458 e. The Labute approximate surface area is 242 Å². The quantitative estimate of drug-likeness (QED) is 0.236. The van der Waals surface area contributed by atoms with Crippen molar-refractivity contribution in [2.75, 3.05) is 6.54 Å². The van der Waals surface area contributed by atoms with Crippen LogP contribution in [0.5, 0.6) is 0 Å². The number of cyclic esters (lactones) is 1. The second-order valence-electron chi connectivity index (χ2n) is 10.9. The van der Waals surface area contributed by atoms with Gasteiger partial charge in [0, 0.05) is 23.1 Å². The van der Waals surface area contributed by atoms with Crippen LogP contribution in [0, 0.1) is 5.92 Å². The summed E-state index contributed by atoms with van der Waals surface area (Å²) in [6.07, 6.45) is 1.04. The number of pyridine rings is 2. The first-order valence-corrected chi connectivity index (χ1v) is 14.3. The zero-order valence-electron chi connectivity index (χ0n) is 24.1. The van der Waals surface area contributed by atoms with E-state index in [1.807, 2.05) is 31.2 Å². The Morgan fingerprint density at radius 1 is 1.21 bits per heavy atom. The molecular formula is C31H34N4O7. The van der Waals surface area contributed by atoms with Crippen LogP contribution in [0.1, 0.15) is 68.9 Å². The van der Waals surface area contributed by atoms with E-state index in [1.54, 1.807) is 24.5 Å². The van der Waals surface area contributed by atoms with E-state index in [1.165, 1.54) is 0 Å². The van der Waals surface area contributed by atoms with Gasteiger partial charge in [0.05, 0.1) is 29.0 Å². The minimum absolute atomic E-state index is 0.202. The Morgan fingerprint density at radius 2 is 1.98 bits per heavy atom. The molecule has 2 aliphatic heterocycles. The third-order valence-electron chi connectivity index (χ3n) is 7.89. The van der Waals surface area contributed by atoms with Crippen molar-refractivity contribution in [1.29, 1.82) is 0 Å². The third kappa shape index (κ3) is 5.03. The Morgan fingerprint density at radius 3 is 2.67 bits per heavy atom. The summed E-state index contributed by atoms with van der Waals surface area (Å²) in [6.45, 7) is 7.68. The molecule has 11 heteroatoms. The zero-order chi connectivity index (χ0) is 30.1. The van der Waals surface area contributed by atoms with E-state index in [2.05, 4.69) is 12.2 Å². The molecule has 42 heavy (non-hydrogen) atoms. The summed E-state index contributed by atoms with van der Waals surface area (Å²) < 4.78 is 12.6. The topological polar surface area (TPSA) is 137 Å². The van der Waals surface area contributed by atoms with E-state index >= 15 is 0 Å². The van der Waals surface area contributed by atoms with E-state index in [0.29, 0.717) is 30.8 Å². The molecule has 0 saturated carbocycles. The SMILES string of the molecule is CCCCN(C=O)C(=O)N[C@H](C(=O)OC1C(=O)OCc2c1cc1n(c2=O)Cc2c-1nc1ccccc1c2CC)C(C)C. The summed E-state index contributed by atoms with van der Waals surface area (Å²) in [4.78, 5) is 70.0. The number of hydrogen-bond acceptors (Lipinski definition) is 8. The Bertz CT molecular complexity index is 1640. The molecule has 0 saturated heterocycles. The number of aromatic nitrogens is 2. The lowest BCUT2D eigenvalue weighted by Gasteiger charge is -2.28. The van der Waals surface area contributed by atoms with Gasteiger partial charge in [0.1, 0.15) is 12.6 Å². The molecule has 1 aromatic carbocycles. The van der Waals surface area contributed by atoms with Crippen LogP contribution in [-0.2, 0) is 43.4 Å². The number of amides is 3. The van der Waals surface area contributed by atoms with Crippen molar-refractivity contribution in [2.45, 2.75) is 72.3 Å². The Kier molecular flexibility index (Phi) is 8.11. The van der Waals surface area contributed by atoms with Crippen molar-refractivity contribution >= 4 is 35.3 Å². The molecule has 0 fully saturated rings. The molecule has 0 spiro atoms. The number of benzene rings is 1. The first-order valence-electron chi connectivity index (χ1n) is 14.3. The predicted octanol–water partition coefficient (Wildman–Crippen LogP) is 3.62. The van der Waals surface area contributed by atoms with Crippen molar-refractivity contribution in [2.24, 2.45) is 5.92 Å². The summed E-state index contributed by atoms with van der Waals surface area (Å²) >= 11 is 0. The number of hydrogen-bond donors (Lipinski definition) is 1. The van der Waals surface area contributed by atoms with Gasteiger partial charge in [-0.2, -0.15) is 0 Å². The molecular weight excluding hydrogens is 540 g/mol. The zero-order valence-corrected chi connectivity index (χ0v) is 24.1. The smallest absolute Gasteiger partial charge is 0.352 e. The normalized spacial score (nSPS) is 15.8. The van der Waals surface area contributed by atoms with Crippen LogP contribution in [0.2, 0.25) is 0 Å². The molecule has 1 N–H and O–H groups in total. The number of carbonyl (C=O) groups is 4. The number of imide groups is 1. The molecule has 0 radical (unpaired) electrons. The van der Waals surface area contributed by atoms with Crippen LogP contribution in [0.25, 0.3) is 22.3 Å². The molecule has 3 amide bonds. The maximum atomic E-state index is 13.7. The van der Waals surface area contributed by atoms with Crippen molar-refractivity contribution in [3.63, 3.8) is 0 Å². The summed E-state index contributed by atoms with van der Waals surface area (Å²) in [5.41, 5.74) is 4.16. The third-order valence-corrected chi connectivity index (χ3v) is 7.89. The number of carbonyl (C=O) groups excluding carboxylic acids is 4. The molecule has 2 aliphatic rings. The van der Waals surface area contributed by atoms with Gasteiger partial charge >= 0.3 is 18.0 Å². The first-order chi connectivity index (χ1) is 20.2. The molecule has 2 atom stereocenters. The average Bonchev–Trinajstić information content (AvgIpc) is 3.34. The van der Waals surface area contributed by atoms with Crippen molar-refractivity contribution < 1.29 is 28.7 Å². The van der Waals surface area contributed by atoms with Crippen molar-refractivity contribution in [1.82, 2.24) is 19.8 Å². The molecule has 4 heterocycles. The second kappa shape index (κ2) is 11.8. The highest BCUT2D eigenvalue weighted by Crippen LogP contribution is 2.38. The molecule has 11 nitrogen and oxygen atoms in total. The lowest BCUT2D eigenvalue weighted by atomic mass is 9.97. The molecule has 2 aromatic heterocycles. The van der Waals surface area contributed by atoms with Gasteiger partial charge in [0.2, 0.25) is 12.5 Å². The van der Waals surface area contributed by atoms with Crippen LogP contribution in [-0.4, -0.2) is 51.4 Å². The number of urea groups is 1. The number of ether oxygens (including phenoxy) is 2. The largest absolute Gasteiger partial charge is 0.458 e. The number of unbranched alkanes of at least 4 members (excludes halogenated alkanes) is 1. The van der Waals surface area contributed by atoms with Gasteiger partial charge in [-0.15, -0.1) is 0 Å². The van der Waals surface area contributed by atoms with Gasteiger partial charge in [0.15, 0.2) is 0 Å². The van der Waals surface area contributed by atoms with E-state index < -0.39 is 36.0 Å². The fourth-order valence-electron chi connectivity index (χ4n) is 5.60. The van der Waals surface area contributed by atoms with E-state index in [-0.39, 0.29) is 29.8 Å². The Hall–Kier alpha value is -4.54. The highest BCUT2D eigenvalue weighted by molar-refractivity contribution is 5.91. The highest BCUT2D eigenvalue weighted by atomic mass is 16.6. The molecule has 3 aromatic rings. The number of fused-ring (bicyclic) bond motifs is 5. The maximum absolute atomic E-state index is 13.7. The number of esters is 2. The first kappa shape index (κ1) is 29.0. The van der Waals surface area contributed by atoms with E-state index in [9.17, 15) is 24.0 Å². The number of rotatable bonds is 9. The van der Waals surface area contributed by atoms with Gasteiger partial charge in [0.25, 0.3) is 5.56 Å². The summed E-state index contributed by atoms with van der Waals surface area (Å²) in [6, 6.07) is 7.59. The fourth-order valence-corrected chi connectivity index (χ4v) is 5.60. The number of aryl methyl sites for hydroxylation is 1. The monoisotopic (exact) mass is 574 g/mol. The lowest BCUT2D eigenvalue weighted by Crippen LogP contribution is -2.51. The highest BCUT2D eigenvalue weighted by Gasteiger charge is 2.40. The van der Waals surface area contributed by atoms with Crippen LogP contribution in [0.15, 0.2) is 35.1 Å². The molecule has 5 rings (SSSR count). The second-order valence-corrected chi connectivity index (χ2v) is 10.9. The van der Waals surface area contributed by atoms with Gasteiger partial charge in [-0.05, 0) is 36.5 Å². The molecule has 0 aliphatic carbocycles. The van der Waals surface area contributed by atoms with Gasteiger partial charge in [-0.25, -0.2) is 19.4 Å². The van der Waals surface area contributed by atoms with Crippen LogP contribution >= 0.6 is 0 Å². The van der Waals surface area contributed by atoms with Crippen molar-refractivity contribution in [3.8, 4) is 11.4 Å². The maximum Gasteiger partial charge on any atom is 0.352 e. The number of nitrogens with one attached hydrogen (secondary N) is 1. The van der Waals surface area contributed by atoms with Crippen LogP contribution in [0.4, 0.5) is 4.79 Å². The van der Waals surface area contributed by atoms with Gasteiger partial charge in [-0.3, -0.25) is 14.5 Å².